The highest BCUT2D eigenvalue weighted by Gasteiger charge is 2.22. The predicted octanol–water partition coefficient (Wildman–Crippen LogP) is 0.942. The van der Waals surface area contributed by atoms with Gasteiger partial charge in [-0.15, -0.1) is 0 Å². The molecular formula is C12H24N2O3. The number of nitrogens with zero attached hydrogens (tertiary/aromatic N) is 1. The largest absolute Gasteiger partial charge is 0.480 e. The van der Waals surface area contributed by atoms with Crippen LogP contribution in [0.4, 0.5) is 0 Å². The summed E-state index contributed by atoms with van der Waals surface area (Å²) in [5, 5.41) is 11.8. The molecule has 0 radical (unpaired) electrons. The number of hydrogen-bond donors (Lipinski definition) is 2. The predicted molar refractivity (Wildman–Crippen MR) is 66.8 cm³/mol. The third-order valence-corrected chi connectivity index (χ3v) is 2.99. The fraction of sp³-hybridized carbons (Fsp3) is 0.833. The van der Waals surface area contributed by atoms with Gasteiger partial charge in [0.1, 0.15) is 6.04 Å². The summed E-state index contributed by atoms with van der Waals surface area (Å²) in [6.07, 6.45) is 0.485. The quantitative estimate of drug-likeness (QED) is 0.699. The molecule has 0 saturated heterocycles. The van der Waals surface area contributed by atoms with Crippen LogP contribution in [0, 0.1) is 5.92 Å². The fourth-order valence-corrected chi connectivity index (χ4v) is 1.48. The SMILES string of the molecule is CCC(C(=O)O)N(C)CC(=O)NC(C)C(C)C. The number of amides is 1. The average Bonchev–Trinajstić information content (AvgIpc) is 2.16. The number of hydrogen-bond acceptors (Lipinski definition) is 3. The topological polar surface area (TPSA) is 69.6 Å². The van der Waals surface area contributed by atoms with Gasteiger partial charge in [0.2, 0.25) is 5.91 Å². The zero-order valence-corrected chi connectivity index (χ0v) is 11.4. The van der Waals surface area contributed by atoms with E-state index in [-0.39, 0.29) is 18.5 Å². The molecule has 0 bridgehead atoms. The van der Waals surface area contributed by atoms with Crippen molar-refractivity contribution < 1.29 is 14.7 Å². The van der Waals surface area contributed by atoms with Crippen molar-refractivity contribution in [2.45, 2.75) is 46.2 Å². The van der Waals surface area contributed by atoms with Gasteiger partial charge in [-0.25, -0.2) is 0 Å². The number of likely N-dealkylation sites (N-methyl/N-ethyl adjacent to an activating group) is 1. The Bertz CT molecular complexity index is 266. The second-order valence-electron chi connectivity index (χ2n) is 4.78. The van der Waals surface area contributed by atoms with Crippen LogP contribution in [0.1, 0.15) is 34.1 Å². The zero-order chi connectivity index (χ0) is 13.6. The van der Waals surface area contributed by atoms with Crippen LogP contribution < -0.4 is 5.32 Å². The van der Waals surface area contributed by atoms with Crippen molar-refractivity contribution in [1.82, 2.24) is 10.2 Å². The maximum absolute atomic E-state index is 11.7. The molecule has 0 heterocycles. The molecule has 0 fully saturated rings. The second-order valence-corrected chi connectivity index (χ2v) is 4.78. The molecule has 0 aromatic heterocycles. The van der Waals surface area contributed by atoms with Crippen LogP contribution in [-0.2, 0) is 9.59 Å². The highest BCUT2D eigenvalue weighted by atomic mass is 16.4. The average molecular weight is 244 g/mol. The number of rotatable bonds is 7. The number of carboxylic acid groups (broad SMARTS) is 1. The summed E-state index contributed by atoms with van der Waals surface area (Å²) in [4.78, 5) is 24.1. The minimum atomic E-state index is -0.889. The lowest BCUT2D eigenvalue weighted by atomic mass is 10.1. The van der Waals surface area contributed by atoms with Gasteiger partial charge in [-0.1, -0.05) is 20.8 Å². The summed E-state index contributed by atoms with van der Waals surface area (Å²) >= 11 is 0. The molecule has 5 nitrogen and oxygen atoms in total. The van der Waals surface area contributed by atoms with Gasteiger partial charge in [0.05, 0.1) is 6.54 Å². The molecule has 100 valence electrons. The first kappa shape index (κ1) is 15.9. The molecule has 0 spiro atoms. The Morgan fingerprint density at radius 3 is 2.18 bits per heavy atom. The lowest BCUT2D eigenvalue weighted by Crippen LogP contribution is -2.46. The molecule has 2 unspecified atom stereocenters. The van der Waals surface area contributed by atoms with Crippen LogP contribution in [0.15, 0.2) is 0 Å². The summed E-state index contributed by atoms with van der Waals surface area (Å²) in [6, 6.07) is -0.504. The van der Waals surface area contributed by atoms with E-state index in [0.717, 1.165) is 0 Å². The molecule has 0 rings (SSSR count). The summed E-state index contributed by atoms with van der Waals surface area (Å²) in [7, 11) is 1.65. The Hall–Kier alpha value is -1.10. The second kappa shape index (κ2) is 7.27. The van der Waals surface area contributed by atoms with Gasteiger partial charge in [-0.2, -0.15) is 0 Å². The lowest BCUT2D eigenvalue weighted by Gasteiger charge is -2.24. The first-order valence-electron chi connectivity index (χ1n) is 6.02. The van der Waals surface area contributed by atoms with E-state index in [1.54, 1.807) is 18.9 Å². The van der Waals surface area contributed by atoms with Crippen molar-refractivity contribution >= 4 is 11.9 Å². The van der Waals surface area contributed by atoms with Crippen molar-refractivity contribution in [3.05, 3.63) is 0 Å². The third-order valence-electron chi connectivity index (χ3n) is 2.99. The number of carbonyl (C=O) groups is 2. The molecular weight excluding hydrogens is 220 g/mol. The number of carbonyl (C=O) groups excluding carboxylic acids is 1. The van der Waals surface area contributed by atoms with Gasteiger partial charge in [-0.3, -0.25) is 14.5 Å². The first-order valence-corrected chi connectivity index (χ1v) is 6.02. The van der Waals surface area contributed by atoms with Gasteiger partial charge in [0.15, 0.2) is 0 Å². The Balaban J connectivity index is 4.24. The molecule has 2 atom stereocenters. The van der Waals surface area contributed by atoms with Crippen LogP contribution >= 0.6 is 0 Å². The third kappa shape index (κ3) is 5.68. The molecule has 0 aliphatic rings. The summed E-state index contributed by atoms with van der Waals surface area (Å²) < 4.78 is 0. The van der Waals surface area contributed by atoms with Gasteiger partial charge in [0.25, 0.3) is 0 Å². The molecule has 0 aromatic rings. The van der Waals surface area contributed by atoms with E-state index in [0.29, 0.717) is 12.3 Å². The Morgan fingerprint density at radius 2 is 1.82 bits per heavy atom. The molecule has 17 heavy (non-hydrogen) atoms. The minimum Gasteiger partial charge on any atom is -0.480 e. The van der Waals surface area contributed by atoms with Crippen molar-refractivity contribution in [2.24, 2.45) is 5.92 Å². The van der Waals surface area contributed by atoms with Crippen LogP contribution in [0.25, 0.3) is 0 Å². The van der Waals surface area contributed by atoms with Gasteiger partial charge >= 0.3 is 5.97 Å². The van der Waals surface area contributed by atoms with Crippen LogP contribution in [0.2, 0.25) is 0 Å². The van der Waals surface area contributed by atoms with E-state index in [1.807, 2.05) is 20.8 Å². The molecule has 0 saturated carbocycles. The highest BCUT2D eigenvalue weighted by Crippen LogP contribution is 2.03. The van der Waals surface area contributed by atoms with Crippen molar-refractivity contribution in [3.63, 3.8) is 0 Å². The van der Waals surface area contributed by atoms with E-state index in [1.165, 1.54) is 0 Å². The van der Waals surface area contributed by atoms with E-state index in [2.05, 4.69) is 5.32 Å². The van der Waals surface area contributed by atoms with Crippen LogP contribution in [0.3, 0.4) is 0 Å². The Labute approximate surface area is 103 Å². The summed E-state index contributed by atoms with van der Waals surface area (Å²) in [5.41, 5.74) is 0. The van der Waals surface area contributed by atoms with E-state index in [4.69, 9.17) is 5.11 Å². The fourth-order valence-electron chi connectivity index (χ4n) is 1.48. The number of nitrogens with one attached hydrogen (secondary N) is 1. The smallest absolute Gasteiger partial charge is 0.320 e. The van der Waals surface area contributed by atoms with Crippen LogP contribution in [0.5, 0.6) is 0 Å². The molecule has 5 heteroatoms. The maximum atomic E-state index is 11.7. The zero-order valence-electron chi connectivity index (χ0n) is 11.4. The molecule has 0 aromatic carbocycles. The Morgan fingerprint density at radius 1 is 1.29 bits per heavy atom. The standard InChI is InChI=1S/C12H24N2O3/c1-6-10(12(16)17)14(5)7-11(15)13-9(4)8(2)3/h8-10H,6-7H2,1-5H3,(H,13,15)(H,16,17). The van der Waals surface area contributed by atoms with E-state index < -0.39 is 12.0 Å². The maximum Gasteiger partial charge on any atom is 0.320 e. The molecule has 1 amide bonds. The summed E-state index contributed by atoms with van der Waals surface area (Å²) in [6.45, 7) is 7.91. The molecule has 2 N–H and O–H groups in total. The first-order chi connectivity index (χ1) is 7.79. The van der Waals surface area contributed by atoms with Crippen LogP contribution in [-0.4, -0.2) is 47.6 Å². The highest BCUT2D eigenvalue weighted by molar-refractivity contribution is 5.80. The van der Waals surface area contributed by atoms with Crippen molar-refractivity contribution in [3.8, 4) is 0 Å². The molecule has 0 aliphatic carbocycles. The van der Waals surface area contributed by atoms with Crippen molar-refractivity contribution in [2.75, 3.05) is 13.6 Å². The minimum absolute atomic E-state index is 0.0980. The van der Waals surface area contributed by atoms with E-state index >= 15 is 0 Å². The lowest BCUT2D eigenvalue weighted by molar-refractivity contribution is -0.143. The van der Waals surface area contributed by atoms with Gasteiger partial charge in [-0.05, 0) is 26.3 Å². The van der Waals surface area contributed by atoms with Gasteiger partial charge in [0, 0.05) is 6.04 Å². The van der Waals surface area contributed by atoms with Gasteiger partial charge < -0.3 is 10.4 Å². The van der Waals surface area contributed by atoms with Crippen molar-refractivity contribution in [1.29, 1.82) is 0 Å². The number of carboxylic acids is 1. The van der Waals surface area contributed by atoms with E-state index in [9.17, 15) is 9.59 Å². The monoisotopic (exact) mass is 244 g/mol. The summed E-state index contributed by atoms with van der Waals surface area (Å²) in [5.74, 6) is -0.654. The normalized spacial score (nSPS) is 14.8. The number of aliphatic carboxylic acids is 1. The molecule has 0 aliphatic heterocycles. The Kier molecular flexibility index (Phi) is 6.80.